The van der Waals surface area contributed by atoms with Crippen LogP contribution in [0.25, 0.3) is 0 Å². The lowest BCUT2D eigenvalue weighted by Crippen LogP contribution is -2.33. The second-order valence-corrected chi connectivity index (χ2v) is 5.04. The van der Waals surface area contributed by atoms with Crippen molar-refractivity contribution in [2.75, 3.05) is 13.1 Å². The van der Waals surface area contributed by atoms with Crippen molar-refractivity contribution in [3.63, 3.8) is 0 Å². The monoisotopic (exact) mass is 292 g/mol. The Bertz CT molecular complexity index is 549. The van der Waals surface area contributed by atoms with Gasteiger partial charge in [-0.15, -0.1) is 0 Å². The van der Waals surface area contributed by atoms with Gasteiger partial charge in [-0.2, -0.15) is 5.10 Å². The highest BCUT2D eigenvalue weighted by molar-refractivity contribution is 6.01. The number of carbonyl (C=O) groups is 3. The summed E-state index contributed by atoms with van der Waals surface area (Å²) in [5, 5.41) is 7.01. The number of amides is 3. The molecular formula is C14H20N4O3. The molecule has 1 aromatic rings. The Morgan fingerprint density at radius 3 is 2.62 bits per heavy atom. The van der Waals surface area contributed by atoms with E-state index in [4.69, 9.17) is 0 Å². The van der Waals surface area contributed by atoms with Crippen molar-refractivity contribution in [3.8, 4) is 0 Å². The highest BCUT2D eigenvalue weighted by Crippen LogP contribution is 2.11. The molecule has 0 atom stereocenters. The third-order valence-electron chi connectivity index (χ3n) is 3.43. The van der Waals surface area contributed by atoms with Crippen molar-refractivity contribution in [2.45, 2.75) is 39.7 Å². The average Bonchev–Trinajstić information content (AvgIpc) is 2.99. The number of nitrogens with one attached hydrogen (secondary N) is 1. The van der Waals surface area contributed by atoms with Gasteiger partial charge in [0.25, 0.3) is 5.91 Å². The van der Waals surface area contributed by atoms with Crippen molar-refractivity contribution in [3.05, 3.63) is 17.5 Å². The maximum absolute atomic E-state index is 12.0. The molecule has 114 valence electrons. The molecule has 21 heavy (non-hydrogen) atoms. The summed E-state index contributed by atoms with van der Waals surface area (Å²) in [5.41, 5.74) is 1.33. The smallest absolute Gasteiger partial charge is 0.269 e. The van der Waals surface area contributed by atoms with Gasteiger partial charge in [0.2, 0.25) is 11.8 Å². The van der Waals surface area contributed by atoms with Crippen molar-refractivity contribution in [1.29, 1.82) is 0 Å². The predicted molar refractivity (Wildman–Crippen MR) is 75.5 cm³/mol. The highest BCUT2D eigenvalue weighted by Gasteiger charge is 2.27. The molecule has 2 rings (SSSR count). The van der Waals surface area contributed by atoms with Crippen LogP contribution in [0.15, 0.2) is 6.07 Å². The zero-order valence-corrected chi connectivity index (χ0v) is 12.4. The van der Waals surface area contributed by atoms with E-state index in [-0.39, 0.29) is 17.7 Å². The maximum Gasteiger partial charge on any atom is 0.269 e. The number of aromatic nitrogens is 2. The van der Waals surface area contributed by atoms with E-state index in [1.54, 1.807) is 10.7 Å². The first kappa shape index (κ1) is 15.2. The predicted octanol–water partition coefficient (Wildman–Crippen LogP) is 0.480. The molecule has 1 aliphatic rings. The lowest BCUT2D eigenvalue weighted by molar-refractivity contribution is -0.138. The molecule has 0 aliphatic carbocycles. The summed E-state index contributed by atoms with van der Waals surface area (Å²) in [6, 6.07) is 1.74. The lowest BCUT2D eigenvalue weighted by atomic mass is 10.3. The third kappa shape index (κ3) is 3.48. The fraction of sp³-hybridized carbons (Fsp3) is 0.571. The van der Waals surface area contributed by atoms with E-state index in [2.05, 4.69) is 10.4 Å². The Hall–Kier alpha value is -2.18. The zero-order valence-electron chi connectivity index (χ0n) is 12.4. The van der Waals surface area contributed by atoms with E-state index < -0.39 is 0 Å². The first-order valence-corrected chi connectivity index (χ1v) is 7.18. The van der Waals surface area contributed by atoms with Crippen molar-refractivity contribution < 1.29 is 14.4 Å². The van der Waals surface area contributed by atoms with Gasteiger partial charge in [-0.05, 0) is 26.3 Å². The van der Waals surface area contributed by atoms with E-state index >= 15 is 0 Å². The Morgan fingerprint density at radius 2 is 2.00 bits per heavy atom. The summed E-state index contributed by atoms with van der Waals surface area (Å²) in [6.07, 6.45) is 1.17. The molecule has 7 heteroatoms. The summed E-state index contributed by atoms with van der Waals surface area (Å²) >= 11 is 0. The fourth-order valence-corrected chi connectivity index (χ4v) is 2.37. The van der Waals surface area contributed by atoms with Crippen LogP contribution in [-0.4, -0.2) is 45.5 Å². The molecule has 7 nitrogen and oxygen atoms in total. The molecule has 1 fully saturated rings. The van der Waals surface area contributed by atoms with Crippen LogP contribution in [0, 0.1) is 6.92 Å². The molecule has 0 radical (unpaired) electrons. The summed E-state index contributed by atoms with van der Waals surface area (Å²) in [6.45, 7) is 5.18. The number of likely N-dealkylation sites (tertiary alicyclic amines) is 1. The molecule has 1 saturated heterocycles. The Morgan fingerprint density at radius 1 is 1.33 bits per heavy atom. The standard InChI is InChI=1S/C14H20N4O3/c1-3-18-11(9-10(2)16-18)14(21)15-7-4-8-17-12(19)5-6-13(17)20/h9H,3-8H2,1-2H3,(H,15,21). The number of nitrogens with zero attached hydrogens (tertiary/aromatic N) is 3. The van der Waals surface area contributed by atoms with Crippen LogP contribution in [0.2, 0.25) is 0 Å². The van der Waals surface area contributed by atoms with Crippen molar-refractivity contribution in [1.82, 2.24) is 20.0 Å². The fourth-order valence-electron chi connectivity index (χ4n) is 2.37. The Kier molecular flexibility index (Phi) is 4.72. The summed E-state index contributed by atoms with van der Waals surface area (Å²) in [5.74, 6) is -0.423. The van der Waals surface area contributed by atoms with Gasteiger partial charge in [0.1, 0.15) is 5.69 Å². The minimum atomic E-state index is -0.184. The molecule has 0 unspecified atom stereocenters. The van der Waals surface area contributed by atoms with E-state index in [1.807, 2.05) is 13.8 Å². The average molecular weight is 292 g/mol. The van der Waals surface area contributed by atoms with E-state index in [0.717, 1.165) is 5.69 Å². The Balaban J connectivity index is 1.79. The van der Waals surface area contributed by atoms with Gasteiger partial charge >= 0.3 is 0 Å². The van der Waals surface area contributed by atoms with Crippen LogP contribution in [0.5, 0.6) is 0 Å². The van der Waals surface area contributed by atoms with Gasteiger partial charge < -0.3 is 5.32 Å². The summed E-state index contributed by atoms with van der Waals surface area (Å²) < 4.78 is 1.65. The number of hydrogen-bond donors (Lipinski definition) is 1. The molecule has 0 saturated carbocycles. The lowest BCUT2D eigenvalue weighted by Gasteiger charge is -2.13. The molecule has 0 aromatic carbocycles. The first-order chi connectivity index (χ1) is 10.0. The minimum Gasteiger partial charge on any atom is -0.351 e. The number of aryl methyl sites for hydroxylation is 2. The van der Waals surface area contributed by atoms with Crippen LogP contribution >= 0.6 is 0 Å². The molecule has 1 aliphatic heterocycles. The molecule has 0 bridgehead atoms. The largest absolute Gasteiger partial charge is 0.351 e. The second kappa shape index (κ2) is 6.51. The van der Waals surface area contributed by atoms with Gasteiger partial charge in [0, 0.05) is 32.5 Å². The number of rotatable bonds is 6. The molecule has 3 amide bonds. The summed E-state index contributed by atoms with van der Waals surface area (Å²) in [4.78, 5) is 36.2. The van der Waals surface area contributed by atoms with Crippen LogP contribution in [0.3, 0.4) is 0 Å². The second-order valence-electron chi connectivity index (χ2n) is 5.04. The van der Waals surface area contributed by atoms with Crippen LogP contribution in [-0.2, 0) is 16.1 Å². The zero-order chi connectivity index (χ0) is 15.4. The molecule has 1 aromatic heterocycles. The number of carbonyl (C=O) groups excluding carboxylic acids is 3. The molecular weight excluding hydrogens is 272 g/mol. The molecule has 0 spiro atoms. The van der Waals surface area contributed by atoms with Crippen molar-refractivity contribution >= 4 is 17.7 Å². The SMILES string of the molecule is CCn1nc(C)cc1C(=O)NCCCN1C(=O)CCC1=O. The molecule has 2 heterocycles. The van der Waals surface area contributed by atoms with Gasteiger partial charge in [-0.1, -0.05) is 0 Å². The van der Waals surface area contributed by atoms with Crippen LogP contribution < -0.4 is 5.32 Å². The van der Waals surface area contributed by atoms with Gasteiger partial charge in [0.15, 0.2) is 0 Å². The number of hydrogen-bond acceptors (Lipinski definition) is 4. The molecule has 1 N–H and O–H groups in total. The van der Waals surface area contributed by atoms with Gasteiger partial charge in [-0.3, -0.25) is 24.0 Å². The summed E-state index contributed by atoms with van der Waals surface area (Å²) in [7, 11) is 0. The van der Waals surface area contributed by atoms with E-state index in [1.165, 1.54) is 4.90 Å². The normalized spacial score (nSPS) is 14.9. The van der Waals surface area contributed by atoms with E-state index in [9.17, 15) is 14.4 Å². The maximum atomic E-state index is 12.0. The number of imide groups is 1. The van der Waals surface area contributed by atoms with E-state index in [0.29, 0.717) is 44.6 Å². The van der Waals surface area contributed by atoms with Crippen LogP contribution in [0.1, 0.15) is 42.4 Å². The van der Waals surface area contributed by atoms with Crippen LogP contribution in [0.4, 0.5) is 0 Å². The van der Waals surface area contributed by atoms with Gasteiger partial charge in [-0.25, -0.2) is 0 Å². The first-order valence-electron chi connectivity index (χ1n) is 7.18. The third-order valence-corrected chi connectivity index (χ3v) is 3.43. The topological polar surface area (TPSA) is 84.3 Å². The van der Waals surface area contributed by atoms with Crippen molar-refractivity contribution in [2.24, 2.45) is 0 Å². The minimum absolute atomic E-state index is 0.119. The van der Waals surface area contributed by atoms with Gasteiger partial charge in [0.05, 0.1) is 5.69 Å². The quantitative estimate of drug-likeness (QED) is 0.610. The highest BCUT2D eigenvalue weighted by atomic mass is 16.2. The Labute approximate surface area is 123 Å².